The Morgan fingerprint density at radius 1 is 1.03 bits per heavy atom. The number of aromatic amines is 1. The summed E-state index contributed by atoms with van der Waals surface area (Å²) in [4.78, 5) is 14.3. The molecule has 0 spiro atoms. The van der Waals surface area contributed by atoms with Gasteiger partial charge in [-0.15, -0.1) is 0 Å². The van der Waals surface area contributed by atoms with Crippen LogP contribution in [0.3, 0.4) is 0 Å². The Morgan fingerprint density at radius 3 is 2.62 bits per heavy atom. The maximum absolute atomic E-state index is 11.9. The first-order valence-corrected chi connectivity index (χ1v) is 11.5. The minimum atomic E-state index is -0.491. The number of rotatable bonds is 9. The van der Waals surface area contributed by atoms with Gasteiger partial charge in [0.15, 0.2) is 0 Å². The van der Waals surface area contributed by atoms with Gasteiger partial charge in [-0.05, 0) is 49.7 Å². The summed E-state index contributed by atoms with van der Waals surface area (Å²) in [7, 11) is 0. The molecule has 1 fully saturated rings. The third-order valence-electron chi connectivity index (χ3n) is 5.91. The molecule has 2 heterocycles. The first-order valence-electron chi connectivity index (χ1n) is 11.5. The molecule has 0 radical (unpaired) electrons. The molecule has 1 saturated heterocycles. The molecule has 32 heavy (non-hydrogen) atoms. The van der Waals surface area contributed by atoms with Gasteiger partial charge in [-0.1, -0.05) is 43.2 Å². The summed E-state index contributed by atoms with van der Waals surface area (Å²) in [6.45, 7) is 4.27. The van der Waals surface area contributed by atoms with E-state index in [9.17, 15) is 9.90 Å². The van der Waals surface area contributed by atoms with E-state index in [1.165, 1.54) is 25.7 Å². The number of aliphatic hydroxyl groups is 1. The molecule has 0 aliphatic carbocycles. The highest BCUT2D eigenvalue weighted by Gasteiger charge is 2.14. The maximum atomic E-state index is 11.9. The highest BCUT2D eigenvalue weighted by atomic mass is 16.5. The highest BCUT2D eigenvalue weighted by Crippen LogP contribution is 2.16. The van der Waals surface area contributed by atoms with Gasteiger partial charge in [0.1, 0.15) is 18.5 Å². The van der Waals surface area contributed by atoms with Crippen LogP contribution in [0, 0.1) is 0 Å². The fourth-order valence-corrected chi connectivity index (χ4v) is 4.24. The van der Waals surface area contributed by atoms with Crippen LogP contribution in [0.15, 0.2) is 53.3 Å². The number of hydrogen-bond acceptors (Lipinski definition) is 6. The van der Waals surface area contributed by atoms with Crippen LogP contribution in [0.5, 0.6) is 5.75 Å². The smallest absolute Gasteiger partial charge is 0.272 e. The summed E-state index contributed by atoms with van der Waals surface area (Å²) >= 11 is 0. The minimum absolute atomic E-state index is 0.174. The highest BCUT2D eigenvalue weighted by molar-refractivity contribution is 5.83. The van der Waals surface area contributed by atoms with Crippen molar-refractivity contribution in [3.8, 4) is 5.75 Å². The molecule has 4 rings (SSSR count). The number of ether oxygens (including phenoxy) is 1. The number of nitrogens with zero attached hydrogens (tertiary/aromatic N) is 2. The molecule has 0 saturated carbocycles. The summed E-state index contributed by atoms with van der Waals surface area (Å²) in [6, 6.07) is 15.4. The average molecular weight is 437 g/mol. The summed E-state index contributed by atoms with van der Waals surface area (Å²) in [5, 5.41) is 22.0. The molecule has 1 atom stereocenters. The Morgan fingerprint density at radius 2 is 1.81 bits per heavy atom. The Hall–Kier alpha value is -2.74. The van der Waals surface area contributed by atoms with E-state index < -0.39 is 6.10 Å². The number of benzene rings is 2. The van der Waals surface area contributed by atoms with Gasteiger partial charge >= 0.3 is 0 Å². The third kappa shape index (κ3) is 6.16. The zero-order chi connectivity index (χ0) is 22.2. The topological polar surface area (TPSA) is 90.5 Å². The van der Waals surface area contributed by atoms with Crippen LogP contribution in [-0.2, 0) is 13.1 Å². The number of β-amino-alcohol motifs (C(OH)–C–C–N with tert-alkyl or cyclic N) is 1. The van der Waals surface area contributed by atoms with Gasteiger partial charge in [-0.3, -0.25) is 4.79 Å². The van der Waals surface area contributed by atoms with Gasteiger partial charge < -0.3 is 20.1 Å². The molecule has 1 aliphatic rings. The number of likely N-dealkylation sites (tertiary alicyclic amines) is 1. The Balaban J connectivity index is 1.27. The Bertz CT molecular complexity index is 1060. The molecule has 0 bridgehead atoms. The van der Waals surface area contributed by atoms with E-state index in [4.69, 9.17) is 4.74 Å². The van der Waals surface area contributed by atoms with Crippen molar-refractivity contribution in [3.05, 3.63) is 70.1 Å². The summed E-state index contributed by atoms with van der Waals surface area (Å²) < 4.78 is 5.86. The quantitative estimate of drug-likeness (QED) is 0.478. The van der Waals surface area contributed by atoms with Crippen molar-refractivity contribution in [2.24, 2.45) is 0 Å². The van der Waals surface area contributed by atoms with E-state index >= 15 is 0 Å². The first kappa shape index (κ1) is 22.5. The molecule has 170 valence electrons. The molecular formula is C25H32N4O3. The molecule has 7 nitrogen and oxygen atoms in total. The van der Waals surface area contributed by atoms with Crippen LogP contribution in [0.1, 0.15) is 36.9 Å². The monoisotopic (exact) mass is 436 g/mol. The Labute approximate surface area is 188 Å². The zero-order valence-electron chi connectivity index (χ0n) is 18.4. The van der Waals surface area contributed by atoms with E-state index in [1.807, 2.05) is 42.5 Å². The van der Waals surface area contributed by atoms with E-state index in [1.54, 1.807) is 6.07 Å². The van der Waals surface area contributed by atoms with Gasteiger partial charge in [0.05, 0.1) is 11.1 Å². The SMILES string of the molecule is O=c1[nH]nc(CNCc2cccc(OCC(O)CN3CCCCCC3)c2)c2ccccc12. The van der Waals surface area contributed by atoms with Gasteiger partial charge in [0.25, 0.3) is 5.56 Å². The van der Waals surface area contributed by atoms with Crippen molar-refractivity contribution >= 4 is 10.8 Å². The number of fused-ring (bicyclic) bond motifs is 1. The molecule has 3 N–H and O–H groups in total. The van der Waals surface area contributed by atoms with Crippen LogP contribution in [-0.4, -0.2) is 52.5 Å². The number of nitrogens with one attached hydrogen (secondary N) is 2. The fraction of sp³-hybridized carbons (Fsp3) is 0.440. The van der Waals surface area contributed by atoms with Crippen molar-refractivity contribution in [3.63, 3.8) is 0 Å². The molecule has 7 heteroatoms. The van der Waals surface area contributed by atoms with Crippen LogP contribution < -0.4 is 15.6 Å². The number of hydrogen-bond donors (Lipinski definition) is 3. The molecular weight excluding hydrogens is 404 g/mol. The fourth-order valence-electron chi connectivity index (χ4n) is 4.24. The van der Waals surface area contributed by atoms with Gasteiger partial charge in [-0.25, -0.2) is 5.10 Å². The Kier molecular flexibility index (Phi) is 7.87. The van der Waals surface area contributed by atoms with Crippen molar-refractivity contribution in [2.45, 2.75) is 44.9 Å². The van der Waals surface area contributed by atoms with Crippen molar-refractivity contribution in [1.82, 2.24) is 20.4 Å². The lowest BCUT2D eigenvalue weighted by atomic mass is 10.1. The lowest BCUT2D eigenvalue weighted by molar-refractivity contribution is 0.0693. The second-order valence-corrected chi connectivity index (χ2v) is 8.48. The van der Waals surface area contributed by atoms with E-state index in [0.29, 0.717) is 31.6 Å². The van der Waals surface area contributed by atoms with E-state index in [2.05, 4.69) is 20.4 Å². The normalized spacial score (nSPS) is 16.0. The maximum Gasteiger partial charge on any atom is 0.272 e. The first-order chi connectivity index (χ1) is 15.7. The molecule has 1 aromatic heterocycles. The van der Waals surface area contributed by atoms with Crippen LogP contribution in [0.25, 0.3) is 10.8 Å². The minimum Gasteiger partial charge on any atom is -0.491 e. The number of H-pyrrole nitrogens is 1. The van der Waals surface area contributed by atoms with Crippen LogP contribution in [0.4, 0.5) is 0 Å². The van der Waals surface area contributed by atoms with Gasteiger partial charge in [0, 0.05) is 25.0 Å². The second-order valence-electron chi connectivity index (χ2n) is 8.48. The average Bonchev–Trinajstić information content (AvgIpc) is 3.08. The van der Waals surface area contributed by atoms with Crippen LogP contribution in [0.2, 0.25) is 0 Å². The third-order valence-corrected chi connectivity index (χ3v) is 5.91. The molecule has 3 aromatic rings. The van der Waals surface area contributed by atoms with Crippen molar-refractivity contribution < 1.29 is 9.84 Å². The molecule has 1 aliphatic heterocycles. The van der Waals surface area contributed by atoms with Gasteiger partial charge in [-0.2, -0.15) is 5.10 Å². The van der Waals surface area contributed by atoms with Crippen molar-refractivity contribution in [1.29, 1.82) is 0 Å². The predicted octanol–water partition coefficient (Wildman–Crippen LogP) is 2.83. The van der Waals surface area contributed by atoms with E-state index in [0.717, 1.165) is 35.5 Å². The molecule has 0 amide bonds. The summed E-state index contributed by atoms with van der Waals surface area (Å²) in [5.74, 6) is 0.756. The lowest BCUT2D eigenvalue weighted by Gasteiger charge is -2.23. The predicted molar refractivity (Wildman–Crippen MR) is 126 cm³/mol. The van der Waals surface area contributed by atoms with E-state index in [-0.39, 0.29) is 5.56 Å². The standard InChI is InChI=1S/C25H32N4O3/c30-20(17-29-12-5-1-2-6-13-29)18-32-21-9-7-8-19(14-21)15-26-16-24-22-10-3-4-11-23(22)25(31)28-27-24/h3-4,7-11,14,20,26,30H,1-2,5-6,12-13,15-18H2,(H,28,31). The lowest BCUT2D eigenvalue weighted by Crippen LogP contribution is -2.36. The van der Waals surface area contributed by atoms with Gasteiger partial charge in [0.2, 0.25) is 0 Å². The number of aliphatic hydroxyl groups excluding tert-OH is 1. The summed E-state index contributed by atoms with van der Waals surface area (Å²) in [5.41, 5.74) is 1.72. The molecule has 2 aromatic carbocycles. The van der Waals surface area contributed by atoms with Crippen LogP contribution >= 0.6 is 0 Å². The second kappa shape index (κ2) is 11.2. The zero-order valence-corrected chi connectivity index (χ0v) is 18.4. The number of aromatic nitrogens is 2. The summed E-state index contributed by atoms with van der Waals surface area (Å²) in [6.07, 6.45) is 4.52. The largest absolute Gasteiger partial charge is 0.491 e. The van der Waals surface area contributed by atoms with Crippen molar-refractivity contribution in [2.75, 3.05) is 26.2 Å². The molecule has 1 unspecified atom stereocenters.